The molecule has 1 saturated carbocycles. The van der Waals surface area contributed by atoms with Crippen molar-refractivity contribution in [3.8, 4) is 0 Å². The Balaban J connectivity index is 2.67. The summed E-state index contributed by atoms with van der Waals surface area (Å²) in [5, 5.41) is 3.62. The van der Waals surface area contributed by atoms with Crippen LogP contribution in [0, 0.1) is 0 Å². The highest BCUT2D eigenvalue weighted by Gasteiger charge is 2.40. The lowest BCUT2D eigenvalue weighted by Crippen LogP contribution is -2.56. The summed E-state index contributed by atoms with van der Waals surface area (Å²) in [5.74, 6) is 0. The average molecular weight is 243 g/mol. The summed E-state index contributed by atoms with van der Waals surface area (Å²) >= 11 is 0. The highest BCUT2D eigenvalue weighted by Crippen LogP contribution is 2.34. The molecule has 0 aromatic rings. The second-order valence-corrected chi connectivity index (χ2v) is 5.02. The molecule has 0 aromatic heterocycles. The number of ether oxygens (including phenoxy) is 2. The molecule has 1 fully saturated rings. The topological polar surface area (TPSA) is 30.5 Å². The molecule has 1 N–H and O–H groups in total. The standard InChI is InChI=1S/C14H29NO2/c1-4-11-15-13(12-16-3)14(17-5-2)9-7-6-8-10-14/h13,15H,4-12H2,1-3H3. The summed E-state index contributed by atoms with van der Waals surface area (Å²) in [7, 11) is 1.78. The molecule has 1 atom stereocenters. The molecule has 17 heavy (non-hydrogen) atoms. The molecule has 1 unspecified atom stereocenters. The zero-order chi connectivity index (χ0) is 12.6. The Labute approximate surface area is 106 Å². The number of hydrogen-bond donors (Lipinski definition) is 1. The van der Waals surface area contributed by atoms with Crippen LogP contribution in [-0.2, 0) is 9.47 Å². The van der Waals surface area contributed by atoms with Crippen molar-refractivity contribution >= 4 is 0 Å². The molecule has 0 bridgehead atoms. The Morgan fingerprint density at radius 3 is 2.41 bits per heavy atom. The molecule has 0 spiro atoms. The summed E-state index contributed by atoms with van der Waals surface area (Å²) in [6, 6.07) is 0.340. The predicted octanol–water partition coefficient (Wildman–Crippen LogP) is 2.74. The Morgan fingerprint density at radius 2 is 1.88 bits per heavy atom. The smallest absolute Gasteiger partial charge is 0.0857 e. The lowest BCUT2D eigenvalue weighted by Gasteiger charge is -2.43. The van der Waals surface area contributed by atoms with Gasteiger partial charge in [0, 0.05) is 13.7 Å². The molecule has 1 aliphatic rings. The zero-order valence-electron chi connectivity index (χ0n) is 11.8. The maximum atomic E-state index is 6.14. The first-order valence-electron chi connectivity index (χ1n) is 7.15. The fraction of sp³-hybridized carbons (Fsp3) is 1.00. The molecule has 0 saturated heterocycles. The molecular formula is C14H29NO2. The van der Waals surface area contributed by atoms with E-state index in [-0.39, 0.29) is 5.60 Å². The number of methoxy groups -OCH3 is 1. The fourth-order valence-electron chi connectivity index (χ4n) is 2.91. The van der Waals surface area contributed by atoms with Crippen molar-refractivity contribution < 1.29 is 9.47 Å². The van der Waals surface area contributed by atoms with E-state index in [1.807, 2.05) is 0 Å². The van der Waals surface area contributed by atoms with E-state index >= 15 is 0 Å². The minimum Gasteiger partial charge on any atom is -0.383 e. The Morgan fingerprint density at radius 1 is 1.18 bits per heavy atom. The largest absolute Gasteiger partial charge is 0.383 e. The summed E-state index contributed by atoms with van der Waals surface area (Å²) in [4.78, 5) is 0. The number of nitrogens with one attached hydrogen (secondary N) is 1. The van der Waals surface area contributed by atoms with Crippen LogP contribution in [0.25, 0.3) is 0 Å². The van der Waals surface area contributed by atoms with Gasteiger partial charge >= 0.3 is 0 Å². The van der Waals surface area contributed by atoms with E-state index in [9.17, 15) is 0 Å². The van der Waals surface area contributed by atoms with Gasteiger partial charge in [-0.15, -0.1) is 0 Å². The van der Waals surface area contributed by atoms with Crippen LogP contribution in [0.3, 0.4) is 0 Å². The molecule has 0 heterocycles. The van der Waals surface area contributed by atoms with Crippen LogP contribution in [0.4, 0.5) is 0 Å². The molecule has 0 amide bonds. The van der Waals surface area contributed by atoms with Gasteiger partial charge in [0.1, 0.15) is 0 Å². The van der Waals surface area contributed by atoms with Gasteiger partial charge in [-0.05, 0) is 32.7 Å². The van der Waals surface area contributed by atoms with E-state index in [0.717, 1.165) is 26.2 Å². The molecule has 3 heteroatoms. The SMILES string of the molecule is CCCNC(COC)C1(OCC)CCCCC1. The highest BCUT2D eigenvalue weighted by molar-refractivity contribution is 4.95. The minimum absolute atomic E-state index is 0.0121. The van der Waals surface area contributed by atoms with Crippen molar-refractivity contribution in [2.75, 3.05) is 26.9 Å². The van der Waals surface area contributed by atoms with Gasteiger partial charge in [-0.1, -0.05) is 26.2 Å². The molecule has 3 nitrogen and oxygen atoms in total. The Hall–Kier alpha value is -0.120. The van der Waals surface area contributed by atoms with Gasteiger partial charge in [-0.3, -0.25) is 0 Å². The average Bonchev–Trinajstić information content (AvgIpc) is 2.36. The molecule has 0 aromatic carbocycles. The van der Waals surface area contributed by atoms with E-state index < -0.39 is 0 Å². The monoisotopic (exact) mass is 243 g/mol. The van der Waals surface area contributed by atoms with Crippen LogP contribution < -0.4 is 5.32 Å². The van der Waals surface area contributed by atoms with Crippen LogP contribution in [0.1, 0.15) is 52.4 Å². The summed E-state index contributed by atoms with van der Waals surface area (Å²) < 4.78 is 11.5. The van der Waals surface area contributed by atoms with Crippen molar-refractivity contribution in [1.82, 2.24) is 5.32 Å². The number of hydrogen-bond acceptors (Lipinski definition) is 3. The minimum atomic E-state index is 0.0121. The molecule has 1 rings (SSSR count). The normalized spacial score (nSPS) is 21.4. The van der Waals surface area contributed by atoms with E-state index in [4.69, 9.17) is 9.47 Å². The molecular weight excluding hydrogens is 214 g/mol. The van der Waals surface area contributed by atoms with E-state index in [0.29, 0.717) is 6.04 Å². The van der Waals surface area contributed by atoms with Crippen LogP contribution >= 0.6 is 0 Å². The quantitative estimate of drug-likeness (QED) is 0.711. The van der Waals surface area contributed by atoms with E-state index in [2.05, 4.69) is 19.2 Å². The van der Waals surface area contributed by atoms with Crippen LogP contribution in [0.15, 0.2) is 0 Å². The van der Waals surface area contributed by atoms with Gasteiger partial charge in [0.25, 0.3) is 0 Å². The van der Waals surface area contributed by atoms with Crippen molar-refractivity contribution in [3.05, 3.63) is 0 Å². The van der Waals surface area contributed by atoms with Gasteiger partial charge in [0.05, 0.1) is 18.2 Å². The summed E-state index contributed by atoms with van der Waals surface area (Å²) in [6.07, 6.45) is 7.42. The summed E-state index contributed by atoms with van der Waals surface area (Å²) in [6.45, 7) is 6.89. The third-order valence-corrected chi connectivity index (χ3v) is 3.74. The maximum Gasteiger partial charge on any atom is 0.0857 e. The van der Waals surface area contributed by atoms with Crippen molar-refractivity contribution in [2.24, 2.45) is 0 Å². The lowest BCUT2D eigenvalue weighted by atomic mass is 9.79. The summed E-state index contributed by atoms with van der Waals surface area (Å²) in [5.41, 5.74) is 0.0121. The van der Waals surface area contributed by atoms with Gasteiger partial charge in [0.15, 0.2) is 0 Å². The van der Waals surface area contributed by atoms with E-state index in [1.165, 1.54) is 32.1 Å². The first kappa shape index (κ1) is 14.9. The molecule has 0 aliphatic heterocycles. The first-order chi connectivity index (χ1) is 8.29. The van der Waals surface area contributed by atoms with Crippen molar-refractivity contribution in [1.29, 1.82) is 0 Å². The second kappa shape index (κ2) is 8.06. The van der Waals surface area contributed by atoms with Crippen molar-refractivity contribution in [3.63, 3.8) is 0 Å². The van der Waals surface area contributed by atoms with Gasteiger partial charge < -0.3 is 14.8 Å². The molecule has 102 valence electrons. The Kier molecular flexibility index (Phi) is 7.09. The third-order valence-electron chi connectivity index (χ3n) is 3.74. The van der Waals surface area contributed by atoms with Gasteiger partial charge in [0.2, 0.25) is 0 Å². The number of rotatable bonds is 8. The molecule has 0 radical (unpaired) electrons. The maximum absolute atomic E-state index is 6.14. The zero-order valence-corrected chi connectivity index (χ0v) is 11.8. The van der Waals surface area contributed by atoms with Gasteiger partial charge in [-0.25, -0.2) is 0 Å². The lowest BCUT2D eigenvalue weighted by molar-refractivity contribution is -0.102. The van der Waals surface area contributed by atoms with Gasteiger partial charge in [-0.2, -0.15) is 0 Å². The molecule has 1 aliphatic carbocycles. The van der Waals surface area contributed by atoms with Crippen LogP contribution in [-0.4, -0.2) is 38.5 Å². The fourth-order valence-corrected chi connectivity index (χ4v) is 2.91. The first-order valence-corrected chi connectivity index (χ1v) is 7.15. The van der Waals surface area contributed by atoms with Crippen molar-refractivity contribution in [2.45, 2.75) is 64.0 Å². The Bertz CT molecular complexity index is 185. The van der Waals surface area contributed by atoms with Crippen LogP contribution in [0.2, 0.25) is 0 Å². The van der Waals surface area contributed by atoms with E-state index in [1.54, 1.807) is 7.11 Å². The predicted molar refractivity (Wildman–Crippen MR) is 71.4 cm³/mol. The second-order valence-electron chi connectivity index (χ2n) is 5.02. The highest BCUT2D eigenvalue weighted by atomic mass is 16.5. The third kappa shape index (κ3) is 4.23. The van der Waals surface area contributed by atoms with Crippen LogP contribution in [0.5, 0.6) is 0 Å².